The number of rotatable bonds is 4. The van der Waals surface area contributed by atoms with E-state index in [1.54, 1.807) is 24.3 Å². The number of pyridine rings is 1. The van der Waals surface area contributed by atoms with E-state index in [-0.39, 0.29) is 35.3 Å². The van der Waals surface area contributed by atoms with Gasteiger partial charge in [-0.05, 0) is 47.9 Å². The van der Waals surface area contributed by atoms with Crippen LogP contribution < -0.4 is 20.8 Å². The molecule has 2 N–H and O–H groups in total. The highest BCUT2D eigenvalue weighted by Gasteiger charge is 2.36. The molecule has 0 saturated heterocycles. The molecule has 1 unspecified atom stereocenters. The monoisotopic (exact) mass is 535 g/mol. The van der Waals surface area contributed by atoms with Crippen LogP contribution in [0.5, 0.6) is 11.5 Å². The van der Waals surface area contributed by atoms with Gasteiger partial charge in [0.15, 0.2) is 5.75 Å². The summed E-state index contributed by atoms with van der Waals surface area (Å²) < 4.78 is 17.1. The Labute approximate surface area is 223 Å². The van der Waals surface area contributed by atoms with Crippen molar-refractivity contribution in [3.63, 3.8) is 0 Å². The Balaban J connectivity index is 0.00000320. The summed E-state index contributed by atoms with van der Waals surface area (Å²) in [5.41, 5.74) is 9.07. The van der Waals surface area contributed by atoms with E-state index in [1.807, 2.05) is 19.1 Å². The first kappa shape index (κ1) is 26.1. The molecule has 1 aliphatic rings. The first-order valence-electron chi connectivity index (χ1n) is 11.0. The van der Waals surface area contributed by atoms with Crippen molar-refractivity contribution in [3.05, 3.63) is 97.4 Å². The third-order valence-corrected chi connectivity index (χ3v) is 6.73. The lowest BCUT2D eigenvalue weighted by molar-refractivity contribution is 0.388. The predicted molar refractivity (Wildman–Crippen MR) is 144 cm³/mol. The van der Waals surface area contributed by atoms with Gasteiger partial charge in [0.2, 0.25) is 5.88 Å². The van der Waals surface area contributed by atoms with E-state index < -0.39 is 11.5 Å². The fraction of sp³-hybridized carbons (Fsp3) is 0.179. The zero-order valence-electron chi connectivity index (χ0n) is 19.3. The second-order valence-corrected chi connectivity index (χ2v) is 8.98. The normalized spacial score (nSPS) is 14.4. The maximum atomic E-state index is 13.3. The molecule has 0 radical (unpaired) electrons. The van der Waals surface area contributed by atoms with Crippen molar-refractivity contribution in [2.24, 2.45) is 5.73 Å². The van der Waals surface area contributed by atoms with Crippen LogP contribution >= 0.6 is 23.2 Å². The summed E-state index contributed by atoms with van der Waals surface area (Å²) in [5, 5.41) is 11.2. The maximum absolute atomic E-state index is 13.3. The van der Waals surface area contributed by atoms with Gasteiger partial charge in [-0.1, -0.05) is 49.7 Å². The topological polar surface area (TPSA) is 111 Å². The third kappa shape index (κ3) is 4.39. The lowest BCUT2D eigenvalue weighted by Gasteiger charge is -2.26. The minimum absolute atomic E-state index is 0. The predicted octanol–water partition coefficient (Wildman–Crippen LogP) is 6.59. The molecule has 0 bridgehead atoms. The molecule has 1 atom stereocenters. The highest BCUT2D eigenvalue weighted by Crippen LogP contribution is 2.46. The number of nitrogens with two attached hydrogens (primary N) is 1. The minimum Gasteiger partial charge on any atom is -0.496 e. The van der Waals surface area contributed by atoms with Crippen LogP contribution in [0.15, 0.2) is 69.3 Å². The van der Waals surface area contributed by atoms with Crippen LogP contribution in [0.25, 0.3) is 22.1 Å². The molecular weight excluding hydrogens is 513 g/mol. The van der Waals surface area contributed by atoms with Crippen molar-refractivity contribution in [2.45, 2.75) is 26.7 Å². The van der Waals surface area contributed by atoms with Gasteiger partial charge in [0.1, 0.15) is 28.1 Å². The van der Waals surface area contributed by atoms with Gasteiger partial charge in [0.05, 0.1) is 29.0 Å². The van der Waals surface area contributed by atoms with Crippen LogP contribution in [0.4, 0.5) is 0 Å². The van der Waals surface area contributed by atoms with Gasteiger partial charge in [0.25, 0.3) is 0 Å². The quantitative estimate of drug-likeness (QED) is 0.231. The minimum atomic E-state index is -0.839. The van der Waals surface area contributed by atoms with Crippen LogP contribution in [-0.4, -0.2) is 12.1 Å². The Morgan fingerprint density at radius 2 is 1.95 bits per heavy atom. The number of benzene rings is 2. The van der Waals surface area contributed by atoms with Crippen molar-refractivity contribution in [3.8, 4) is 28.7 Å². The lowest BCUT2D eigenvalue weighted by atomic mass is 9.82. The standard InChI is InChI=1S/C27H19Cl2N3O4.CH4/c1-3-13-4-6-21-16(8-13)25-24(27(33)35-21)23(17(11-30)26(31)36-25)14-5-7-20(34-2)15(9-14)18-12-32-22(29)10-19(18)28;/h4-10,12,23H,3,31H2,1-2H3;1H4. The molecule has 3 heterocycles. The highest BCUT2D eigenvalue weighted by molar-refractivity contribution is 6.35. The summed E-state index contributed by atoms with van der Waals surface area (Å²) in [6.45, 7) is 2.02. The number of nitrogens with zero attached hydrogens (tertiary/aromatic N) is 2. The third-order valence-electron chi connectivity index (χ3n) is 6.21. The molecule has 2 aromatic carbocycles. The van der Waals surface area contributed by atoms with Gasteiger partial charge in [-0.25, -0.2) is 9.78 Å². The van der Waals surface area contributed by atoms with Crippen molar-refractivity contribution < 1.29 is 13.9 Å². The first-order valence-corrected chi connectivity index (χ1v) is 11.8. The number of fused-ring (bicyclic) bond motifs is 3. The Hall–Kier alpha value is -3.99. The Morgan fingerprint density at radius 1 is 1.16 bits per heavy atom. The highest BCUT2D eigenvalue weighted by atomic mass is 35.5. The molecule has 0 fully saturated rings. The fourth-order valence-corrected chi connectivity index (χ4v) is 4.91. The molecule has 7 nitrogen and oxygen atoms in total. The number of ether oxygens (including phenoxy) is 2. The molecular formula is C28H23Cl2N3O4. The van der Waals surface area contributed by atoms with E-state index in [1.165, 1.54) is 19.4 Å². The van der Waals surface area contributed by atoms with E-state index in [0.717, 1.165) is 12.0 Å². The number of halogens is 2. The van der Waals surface area contributed by atoms with E-state index in [0.29, 0.717) is 38.4 Å². The number of aryl methyl sites for hydroxylation is 1. The zero-order valence-corrected chi connectivity index (χ0v) is 20.8. The van der Waals surface area contributed by atoms with Crippen LogP contribution in [-0.2, 0) is 6.42 Å². The molecule has 5 rings (SSSR count). The summed E-state index contributed by atoms with van der Waals surface area (Å²) in [6, 6.07) is 14.4. The van der Waals surface area contributed by atoms with E-state index >= 15 is 0 Å². The average Bonchev–Trinajstić information content (AvgIpc) is 2.87. The van der Waals surface area contributed by atoms with Crippen molar-refractivity contribution in [2.75, 3.05) is 7.11 Å². The summed E-state index contributed by atoms with van der Waals surface area (Å²) in [6.07, 6.45) is 2.31. The largest absolute Gasteiger partial charge is 0.496 e. The molecule has 37 heavy (non-hydrogen) atoms. The number of nitriles is 1. The van der Waals surface area contributed by atoms with Crippen LogP contribution in [0.2, 0.25) is 10.2 Å². The fourth-order valence-electron chi connectivity index (χ4n) is 4.44. The SMILES string of the molecule is C.CCc1ccc2oc(=O)c3c(c2c1)OC(N)=C(C#N)C3c1ccc(OC)c(-c2cnc(Cl)cc2Cl)c1. The molecule has 188 valence electrons. The smallest absolute Gasteiger partial charge is 0.344 e. The second-order valence-electron chi connectivity index (χ2n) is 8.19. The summed E-state index contributed by atoms with van der Waals surface area (Å²) in [4.78, 5) is 17.4. The van der Waals surface area contributed by atoms with Crippen molar-refractivity contribution in [1.82, 2.24) is 4.98 Å². The van der Waals surface area contributed by atoms with Crippen molar-refractivity contribution >= 4 is 34.2 Å². The van der Waals surface area contributed by atoms with Gasteiger partial charge >= 0.3 is 5.63 Å². The van der Waals surface area contributed by atoms with Crippen LogP contribution in [0.1, 0.15) is 37.0 Å². The summed E-state index contributed by atoms with van der Waals surface area (Å²) >= 11 is 12.4. The number of aromatic nitrogens is 1. The van der Waals surface area contributed by atoms with E-state index in [9.17, 15) is 10.1 Å². The van der Waals surface area contributed by atoms with Gasteiger partial charge in [-0.15, -0.1) is 0 Å². The van der Waals surface area contributed by atoms with Gasteiger partial charge in [-0.3, -0.25) is 0 Å². The maximum Gasteiger partial charge on any atom is 0.344 e. The Bertz CT molecular complexity index is 1670. The molecule has 4 aromatic rings. The molecule has 0 aliphatic carbocycles. The Kier molecular flexibility index (Phi) is 7.17. The number of methoxy groups -OCH3 is 1. The molecule has 2 aromatic heterocycles. The number of hydrogen-bond donors (Lipinski definition) is 1. The molecule has 0 spiro atoms. The van der Waals surface area contributed by atoms with Gasteiger partial charge in [-0.2, -0.15) is 5.26 Å². The Morgan fingerprint density at radius 3 is 2.62 bits per heavy atom. The summed E-state index contributed by atoms with van der Waals surface area (Å²) in [7, 11) is 1.53. The number of allylic oxidation sites excluding steroid dienone is 1. The summed E-state index contributed by atoms with van der Waals surface area (Å²) in [5.74, 6) is -0.118. The van der Waals surface area contributed by atoms with E-state index in [2.05, 4.69) is 11.1 Å². The van der Waals surface area contributed by atoms with Crippen molar-refractivity contribution in [1.29, 1.82) is 5.26 Å². The molecule has 0 amide bonds. The lowest BCUT2D eigenvalue weighted by Crippen LogP contribution is -2.26. The second kappa shape index (κ2) is 10.2. The molecule has 0 saturated carbocycles. The average molecular weight is 536 g/mol. The van der Waals surface area contributed by atoms with Crippen LogP contribution in [0, 0.1) is 11.3 Å². The van der Waals surface area contributed by atoms with Gasteiger partial charge in [0, 0.05) is 17.3 Å². The molecule has 9 heteroatoms. The van der Waals surface area contributed by atoms with Crippen LogP contribution in [0.3, 0.4) is 0 Å². The first-order chi connectivity index (χ1) is 17.4. The molecule has 1 aliphatic heterocycles. The zero-order chi connectivity index (χ0) is 25.6. The number of hydrogen-bond acceptors (Lipinski definition) is 7. The van der Waals surface area contributed by atoms with Gasteiger partial charge < -0.3 is 19.6 Å². The van der Waals surface area contributed by atoms with E-state index in [4.69, 9.17) is 42.8 Å².